The van der Waals surface area contributed by atoms with E-state index in [1.807, 2.05) is 54.6 Å². The van der Waals surface area contributed by atoms with E-state index < -0.39 is 5.60 Å². The minimum atomic E-state index is -0.761. The van der Waals surface area contributed by atoms with Gasteiger partial charge in [0, 0.05) is 19.4 Å². The Morgan fingerprint density at radius 3 is 1.62 bits per heavy atom. The van der Waals surface area contributed by atoms with Crippen LogP contribution in [0.2, 0.25) is 0 Å². The van der Waals surface area contributed by atoms with Crippen molar-refractivity contribution in [2.45, 2.75) is 25.9 Å². The second-order valence-corrected chi connectivity index (χ2v) is 8.28. The molecule has 0 radical (unpaired) electrons. The van der Waals surface area contributed by atoms with Crippen LogP contribution in [0.1, 0.15) is 37.0 Å². The van der Waals surface area contributed by atoms with Crippen LogP contribution in [0.5, 0.6) is 0 Å². The van der Waals surface area contributed by atoms with Crippen LogP contribution >= 0.6 is 0 Å². The number of aliphatic hydroxyl groups is 1. The number of esters is 1. The molecule has 0 amide bonds. The summed E-state index contributed by atoms with van der Waals surface area (Å²) in [7, 11) is 0. The lowest BCUT2D eigenvalue weighted by Crippen LogP contribution is -2.35. The first-order valence-corrected chi connectivity index (χ1v) is 11.1. The lowest BCUT2D eigenvalue weighted by molar-refractivity contribution is -0.143. The number of rotatable bonds is 11. The van der Waals surface area contributed by atoms with Gasteiger partial charge in [-0.1, -0.05) is 97.9 Å². The highest BCUT2D eigenvalue weighted by molar-refractivity contribution is 5.65. The quantitative estimate of drug-likeness (QED) is 0.335. The molecule has 2 atom stereocenters. The Hall–Kier alpha value is -2.95. The van der Waals surface area contributed by atoms with Gasteiger partial charge in [0.25, 0.3) is 0 Å². The highest BCUT2D eigenvalue weighted by Gasteiger charge is 2.37. The topological polar surface area (TPSA) is 55.8 Å². The van der Waals surface area contributed by atoms with Gasteiger partial charge in [0.1, 0.15) is 5.60 Å². The normalized spacial score (nSPS) is 13.3. The van der Waals surface area contributed by atoms with Gasteiger partial charge in [0.05, 0.1) is 13.2 Å². The van der Waals surface area contributed by atoms with Crippen molar-refractivity contribution in [1.29, 1.82) is 0 Å². The van der Waals surface area contributed by atoms with E-state index in [-0.39, 0.29) is 31.0 Å². The molecule has 0 aliphatic rings. The summed E-state index contributed by atoms with van der Waals surface area (Å²) in [4.78, 5) is 11.1. The summed E-state index contributed by atoms with van der Waals surface area (Å²) in [5.74, 6) is -0.293. The van der Waals surface area contributed by atoms with E-state index in [0.717, 1.165) is 16.7 Å². The summed E-state index contributed by atoms with van der Waals surface area (Å²) in [5.41, 5.74) is 2.41. The SMILES string of the molecule is CC(=O)OC[C@@H](CO)C[C@@H](C)COC(c1ccccc1)(c1ccccc1)c1ccccc1. The van der Waals surface area contributed by atoms with Crippen molar-refractivity contribution in [2.24, 2.45) is 11.8 Å². The second-order valence-electron chi connectivity index (χ2n) is 8.28. The van der Waals surface area contributed by atoms with Crippen LogP contribution < -0.4 is 0 Å². The molecule has 168 valence electrons. The molecule has 0 aliphatic carbocycles. The standard InChI is InChI=1S/C28H32O4/c1-22(18-24(19-29)21-31-23(2)30)20-32-28(25-12-6-3-7-13-25,26-14-8-4-9-15-26)27-16-10-5-11-17-27/h3-17,22,24,29H,18-21H2,1-2H3/t22-,24-/m1/s1. The van der Waals surface area contributed by atoms with E-state index in [1.165, 1.54) is 6.92 Å². The molecule has 1 N–H and O–H groups in total. The van der Waals surface area contributed by atoms with Crippen molar-refractivity contribution in [2.75, 3.05) is 19.8 Å². The molecular formula is C28H32O4. The lowest BCUT2D eigenvalue weighted by Gasteiger charge is -2.37. The summed E-state index contributed by atoms with van der Waals surface area (Å²) < 4.78 is 11.9. The molecule has 0 aliphatic heterocycles. The maximum absolute atomic E-state index is 11.1. The van der Waals surface area contributed by atoms with Crippen molar-refractivity contribution in [3.8, 4) is 0 Å². The van der Waals surface area contributed by atoms with Crippen LogP contribution in [-0.2, 0) is 19.9 Å². The van der Waals surface area contributed by atoms with Crippen LogP contribution in [0.25, 0.3) is 0 Å². The van der Waals surface area contributed by atoms with Gasteiger partial charge in [0.2, 0.25) is 0 Å². The fraction of sp³-hybridized carbons (Fsp3) is 0.321. The van der Waals surface area contributed by atoms with Gasteiger partial charge in [-0.3, -0.25) is 4.79 Å². The van der Waals surface area contributed by atoms with E-state index >= 15 is 0 Å². The van der Waals surface area contributed by atoms with Gasteiger partial charge in [-0.15, -0.1) is 0 Å². The van der Waals surface area contributed by atoms with Crippen LogP contribution in [0, 0.1) is 11.8 Å². The molecule has 4 nitrogen and oxygen atoms in total. The van der Waals surface area contributed by atoms with Crippen molar-refractivity contribution >= 4 is 5.97 Å². The van der Waals surface area contributed by atoms with Gasteiger partial charge in [0.15, 0.2) is 0 Å². The molecule has 0 fully saturated rings. The highest BCUT2D eigenvalue weighted by Crippen LogP contribution is 2.40. The van der Waals surface area contributed by atoms with Gasteiger partial charge >= 0.3 is 5.97 Å². The number of ether oxygens (including phenoxy) is 2. The zero-order valence-corrected chi connectivity index (χ0v) is 18.8. The molecule has 3 aromatic carbocycles. The third-order valence-corrected chi connectivity index (χ3v) is 5.64. The number of carbonyl (C=O) groups excluding carboxylic acids is 1. The second kappa shape index (κ2) is 11.6. The number of hydrogen-bond donors (Lipinski definition) is 1. The van der Waals surface area contributed by atoms with Gasteiger partial charge < -0.3 is 14.6 Å². The Morgan fingerprint density at radius 2 is 1.25 bits per heavy atom. The third kappa shape index (κ3) is 5.84. The Bertz CT molecular complexity index is 844. The first-order chi connectivity index (χ1) is 15.6. The van der Waals surface area contributed by atoms with Crippen molar-refractivity contribution in [3.63, 3.8) is 0 Å². The molecular weight excluding hydrogens is 400 g/mol. The summed E-state index contributed by atoms with van der Waals surface area (Å²) in [6, 6.07) is 30.8. The van der Waals surface area contributed by atoms with Crippen molar-refractivity contribution in [1.82, 2.24) is 0 Å². The predicted molar refractivity (Wildman–Crippen MR) is 126 cm³/mol. The molecule has 0 spiro atoms. The Kier molecular flexibility index (Phi) is 8.60. The summed E-state index contributed by atoms with van der Waals surface area (Å²) in [6.45, 7) is 4.16. The Labute approximate surface area is 190 Å². The maximum Gasteiger partial charge on any atom is 0.302 e. The Balaban J connectivity index is 1.92. The number of hydrogen-bond acceptors (Lipinski definition) is 4. The van der Waals surface area contributed by atoms with Gasteiger partial charge in [-0.05, 0) is 29.0 Å². The zero-order valence-electron chi connectivity index (χ0n) is 18.8. The molecule has 0 saturated carbocycles. The molecule has 3 aromatic rings. The number of carbonyl (C=O) groups is 1. The minimum Gasteiger partial charge on any atom is -0.465 e. The highest BCUT2D eigenvalue weighted by atomic mass is 16.5. The molecule has 0 heterocycles. The predicted octanol–water partition coefficient (Wildman–Crippen LogP) is 5.19. The summed E-state index contributed by atoms with van der Waals surface area (Å²) in [5, 5.41) is 9.72. The third-order valence-electron chi connectivity index (χ3n) is 5.64. The maximum atomic E-state index is 11.1. The van der Waals surface area contributed by atoms with Crippen LogP contribution in [0.15, 0.2) is 91.0 Å². The largest absolute Gasteiger partial charge is 0.465 e. The van der Waals surface area contributed by atoms with Gasteiger partial charge in [-0.2, -0.15) is 0 Å². The summed E-state index contributed by atoms with van der Waals surface area (Å²) >= 11 is 0. The molecule has 0 saturated heterocycles. The molecule has 4 heteroatoms. The lowest BCUT2D eigenvalue weighted by atomic mass is 9.80. The van der Waals surface area contributed by atoms with Crippen LogP contribution in [0.4, 0.5) is 0 Å². The molecule has 32 heavy (non-hydrogen) atoms. The first kappa shape index (κ1) is 23.7. The average Bonchev–Trinajstić information content (AvgIpc) is 2.84. The average molecular weight is 433 g/mol. The fourth-order valence-corrected chi connectivity index (χ4v) is 4.10. The van der Waals surface area contributed by atoms with E-state index in [9.17, 15) is 9.90 Å². The van der Waals surface area contributed by atoms with E-state index in [0.29, 0.717) is 13.0 Å². The van der Waals surface area contributed by atoms with E-state index in [2.05, 4.69) is 43.3 Å². The molecule has 0 unspecified atom stereocenters. The monoisotopic (exact) mass is 432 g/mol. The van der Waals surface area contributed by atoms with Crippen LogP contribution in [-0.4, -0.2) is 30.9 Å². The van der Waals surface area contributed by atoms with Gasteiger partial charge in [-0.25, -0.2) is 0 Å². The number of benzene rings is 3. The van der Waals surface area contributed by atoms with Crippen molar-refractivity contribution < 1.29 is 19.4 Å². The number of aliphatic hydroxyl groups excluding tert-OH is 1. The van der Waals surface area contributed by atoms with E-state index in [1.54, 1.807) is 0 Å². The summed E-state index contributed by atoms with van der Waals surface area (Å²) in [6.07, 6.45) is 0.693. The smallest absolute Gasteiger partial charge is 0.302 e. The zero-order chi connectivity index (χ0) is 22.8. The molecule has 0 bridgehead atoms. The Morgan fingerprint density at radius 1 is 0.812 bits per heavy atom. The fourth-order valence-electron chi connectivity index (χ4n) is 4.10. The minimum absolute atomic E-state index is 0.0289. The van der Waals surface area contributed by atoms with Crippen molar-refractivity contribution in [3.05, 3.63) is 108 Å². The van der Waals surface area contributed by atoms with Crippen LogP contribution in [0.3, 0.4) is 0 Å². The first-order valence-electron chi connectivity index (χ1n) is 11.1. The molecule has 3 rings (SSSR count). The van der Waals surface area contributed by atoms with E-state index in [4.69, 9.17) is 9.47 Å². The molecule has 0 aromatic heterocycles.